The fourth-order valence-electron chi connectivity index (χ4n) is 0.870. The summed E-state index contributed by atoms with van der Waals surface area (Å²) in [5, 5.41) is 10.6. The molecule has 0 saturated heterocycles. The minimum atomic E-state index is -0.647. The average molecular weight is 343 g/mol. The van der Waals surface area contributed by atoms with Crippen molar-refractivity contribution in [2.45, 2.75) is 0 Å². The Morgan fingerprint density at radius 2 is 2.07 bits per heavy atom. The molecule has 1 aromatic carbocycles. The van der Waals surface area contributed by atoms with E-state index in [-0.39, 0.29) is 20.7 Å². The number of nitro groups is 1. The Balaban J connectivity index is 3.60. The minimum absolute atomic E-state index is 0.0284. The number of halogens is 3. The number of benzene rings is 1. The second-order valence-electron chi connectivity index (χ2n) is 2.29. The molecule has 0 spiro atoms. The van der Waals surface area contributed by atoms with E-state index in [1.165, 1.54) is 6.07 Å². The first kappa shape index (κ1) is 11.6. The SMILES string of the molecule is O=Cc1c(Br)cc(Cl)c([N+](=O)[O-])c1Br. The maximum Gasteiger partial charge on any atom is 0.302 e. The molecule has 14 heavy (non-hydrogen) atoms. The molecule has 0 N–H and O–H groups in total. The first-order valence-electron chi connectivity index (χ1n) is 3.26. The van der Waals surface area contributed by atoms with Gasteiger partial charge in [0.25, 0.3) is 0 Å². The van der Waals surface area contributed by atoms with Crippen LogP contribution < -0.4 is 0 Å². The molecule has 7 heteroatoms. The molecule has 0 aliphatic rings. The van der Waals surface area contributed by atoms with Crippen molar-refractivity contribution in [3.05, 3.63) is 35.7 Å². The Morgan fingerprint density at radius 3 is 2.50 bits per heavy atom. The molecule has 4 nitrogen and oxygen atoms in total. The van der Waals surface area contributed by atoms with Gasteiger partial charge in [0.15, 0.2) is 6.29 Å². The highest BCUT2D eigenvalue weighted by molar-refractivity contribution is 9.11. The van der Waals surface area contributed by atoms with Gasteiger partial charge < -0.3 is 0 Å². The Hall–Kier alpha value is -0.460. The summed E-state index contributed by atoms with van der Waals surface area (Å²) in [5.41, 5.74) is -0.141. The fraction of sp³-hybridized carbons (Fsp3) is 0. The van der Waals surface area contributed by atoms with Crippen molar-refractivity contribution in [3.63, 3.8) is 0 Å². The van der Waals surface area contributed by atoms with Crippen LogP contribution in [0.1, 0.15) is 10.4 Å². The highest BCUT2D eigenvalue weighted by atomic mass is 79.9. The molecule has 0 heterocycles. The monoisotopic (exact) mass is 341 g/mol. The van der Waals surface area contributed by atoms with Gasteiger partial charge in [0.1, 0.15) is 9.50 Å². The van der Waals surface area contributed by atoms with Crippen molar-refractivity contribution in [1.29, 1.82) is 0 Å². The van der Waals surface area contributed by atoms with Crippen molar-refractivity contribution in [2.75, 3.05) is 0 Å². The van der Waals surface area contributed by atoms with Gasteiger partial charge in [-0.3, -0.25) is 14.9 Å². The molecule has 0 unspecified atom stereocenters. The van der Waals surface area contributed by atoms with Crippen LogP contribution >= 0.6 is 43.5 Å². The molecule has 0 aliphatic carbocycles. The van der Waals surface area contributed by atoms with Gasteiger partial charge in [0.2, 0.25) is 0 Å². The number of nitro benzene ring substituents is 1. The van der Waals surface area contributed by atoms with Gasteiger partial charge in [-0.05, 0) is 37.9 Å². The fourth-order valence-corrected chi connectivity index (χ4v) is 2.84. The van der Waals surface area contributed by atoms with E-state index in [1.807, 2.05) is 0 Å². The number of carbonyl (C=O) groups is 1. The van der Waals surface area contributed by atoms with Gasteiger partial charge in [0.05, 0.1) is 4.92 Å². The lowest BCUT2D eigenvalue weighted by molar-refractivity contribution is -0.385. The van der Waals surface area contributed by atoms with Crippen LogP contribution in [0.2, 0.25) is 5.02 Å². The van der Waals surface area contributed by atoms with E-state index in [1.54, 1.807) is 0 Å². The summed E-state index contributed by atoms with van der Waals surface area (Å²) in [6.45, 7) is 0. The summed E-state index contributed by atoms with van der Waals surface area (Å²) in [6, 6.07) is 1.31. The molecule has 0 fully saturated rings. The maximum absolute atomic E-state index is 10.6. The zero-order chi connectivity index (χ0) is 10.9. The highest BCUT2D eigenvalue weighted by Gasteiger charge is 2.22. The summed E-state index contributed by atoms with van der Waals surface area (Å²) in [4.78, 5) is 20.5. The number of carbonyl (C=O) groups excluding carboxylic acids is 1. The third-order valence-corrected chi connectivity index (χ3v) is 3.23. The standard InChI is InChI=1S/C7H2Br2ClNO3/c8-4-1-5(10)7(11(13)14)6(9)3(4)2-12/h1-2H. The lowest BCUT2D eigenvalue weighted by atomic mass is 10.2. The van der Waals surface area contributed by atoms with Crippen LogP contribution in [0.4, 0.5) is 5.69 Å². The predicted octanol–water partition coefficient (Wildman–Crippen LogP) is 3.59. The lowest BCUT2D eigenvalue weighted by Gasteiger charge is -2.03. The number of aldehydes is 1. The van der Waals surface area contributed by atoms with Crippen molar-refractivity contribution >= 4 is 55.4 Å². The second-order valence-corrected chi connectivity index (χ2v) is 4.35. The molecule has 0 aromatic heterocycles. The van der Waals surface area contributed by atoms with Crippen molar-refractivity contribution in [3.8, 4) is 0 Å². The predicted molar refractivity (Wildman–Crippen MR) is 58.9 cm³/mol. The summed E-state index contributed by atoms with van der Waals surface area (Å²) in [6.07, 6.45) is 0.511. The zero-order valence-corrected chi connectivity index (χ0v) is 10.4. The first-order valence-corrected chi connectivity index (χ1v) is 5.22. The second kappa shape index (κ2) is 4.37. The van der Waals surface area contributed by atoms with E-state index in [0.29, 0.717) is 10.8 Å². The normalized spacial score (nSPS) is 9.93. The van der Waals surface area contributed by atoms with Crippen LogP contribution in [0.15, 0.2) is 15.0 Å². The first-order chi connectivity index (χ1) is 6.49. The Labute approximate surface area is 101 Å². The van der Waals surface area contributed by atoms with Crippen LogP contribution in [-0.2, 0) is 0 Å². The van der Waals surface area contributed by atoms with Crippen molar-refractivity contribution in [1.82, 2.24) is 0 Å². The number of hydrogen-bond donors (Lipinski definition) is 0. The van der Waals surface area contributed by atoms with E-state index in [0.717, 1.165) is 0 Å². The Morgan fingerprint density at radius 1 is 1.50 bits per heavy atom. The molecule has 0 saturated carbocycles. The molecular formula is C7H2Br2ClNO3. The average Bonchev–Trinajstić information content (AvgIpc) is 2.02. The summed E-state index contributed by atoms with van der Waals surface area (Å²) in [7, 11) is 0. The van der Waals surface area contributed by atoms with Gasteiger partial charge >= 0.3 is 5.69 Å². The van der Waals surface area contributed by atoms with Crippen molar-refractivity contribution < 1.29 is 9.72 Å². The van der Waals surface area contributed by atoms with Crippen LogP contribution in [0.25, 0.3) is 0 Å². The van der Waals surface area contributed by atoms with Crippen LogP contribution in [0.5, 0.6) is 0 Å². The van der Waals surface area contributed by atoms with Crippen LogP contribution in [0.3, 0.4) is 0 Å². The molecule has 74 valence electrons. The molecule has 0 atom stereocenters. The Kier molecular flexibility index (Phi) is 3.63. The molecule has 0 amide bonds. The van der Waals surface area contributed by atoms with Crippen molar-refractivity contribution in [2.24, 2.45) is 0 Å². The molecular weight excluding hydrogens is 341 g/mol. The third kappa shape index (κ3) is 1.97. The largest absolute Gasteiger partial charge is 0.302 e. The topological polar surface area (TPSA) is 60.2 Å². The zero-order valence-electron chi connectivity index (χ0n) is 6.46. The van der Waals surface area contributed by atoms with E-state index < -0.39 is 4.92 Å². The molecule has 1 aromatic rings. The van der Waals surface area contributed by atoms with Gasteiger partial charge in [-0.1, -0.05) is 11.6 Å². The minimum Gasteiger partial charge on any atom is -0.298 e. The summed E-state index contributed by atoms with van der Waals surface area (Å²) < 4.78 is 0.492. The van der Waals surface area contributed by atoms with E-state index >= 15 is 0 Å². The number of nitrogens with zero attached hydrogens (tertiary/aromatic N) is 1. The molecule has 1 rings (SSSR count). The van der Waals surface area contributed by atoms with Gasteiger partial charge in [-0.15, -0.1) is 0 Å². The van der Waals surface area contributed by atoms with E-state index in [4.69, 9.17) is 11.6 Å². The lowest BCUT2D eigenvalue weighted by Crippen LogP contribution is -1.95. The van der Waals surface area contributed by atoms with Crippen LogP contribution in [0, 0.1) is 10.1 Å². The summed E-state index contributed by atoms with van der Waals surface area (Å²) in [5.74, 6) is 0. The maximum atomic E-state index is 10.6. The number of rotatable bonds is 2. The molecule has 0 radical (unpaired) electrons. The highest BCUT2D eigenvalue weighted by Crippen LogP contribution is 2.38. The van der Waals surface area contributed by atoms with Gasteiger partial charge in [-0.2, -0.15) is 0 Å². The molecule has 0 aliphatic heterocycles. The Bertz CT molecular complexity index is 422. The smallest absolute Gasteiger partial charge is 0.298 e. The third-order valence-electron chi connectivity index (χ3n) is 1.48. The van der Waals surface area contributed by atoms with E-state index in [9.17, 15) is 14.9 Å². The molecule has 0 bridgehead atoms. The van der Waals surface area contributed by atoms with Crippen LogP contribution in [-0.4, -0.2) is 11.2 Å². The van der Waals surface area contributed by atoms with E-state index in [2.05, 4.69) is 31.9 Å². The number of hydrogen-bond acceptors (Lipinski definition) is 3. The van der Waals surface area contributed by atoms with Gasteiger partial charge in [-0.25, -0.2) is 0 Å². The quantitative estimate of drug-likeness (QED) is 0.468. The van der Waals surface area contributed by atoms with Gasteiger partial charge in [0, 0.05) is 10.0 Å². The summed E-state index contributed by atoms with van der Waals surface area (Å²) >= 11 is 11.7.